The number of halogens is 1. The molecule has 0 heterocycles. The lowest BCUT2D eigenvalue weighted by Crippen LogP contribution is -2.13. The van der Waals surface area contributed by atoms with Gasteiger partial charge in [-0.15, -0.1) is 0 Å². The summed E-state index contributed by atoms with van der Waals surface area (Å²) in [5.41, 5.74) is 12.2. The first-order valence-corrected chi connectivity index (χ1v) is 7.40. The van der Waals surface area contributed by atoms with Crippen LogP contribution in [0.25, 0.3) is 0 Å². The molecule has 0 saturated heterocycles. The predicted molar refractivity (Wildman–Crippen MR) is 87.5 cm³/mol. The summed E-state index contributed by atoms with van der Waals surface area (Å²) in [5.74, 6) is 0.541. The Morgan fingerprint density at radius 1 is 0.900 bits per heavy atom. The Hall–Kier alpha value is -1.31. The van der Waals surface area contributed by atoms with E-state index in [0.29, 0.717) is 5.92 Å². The third-order valence-corrected chi connectivity index (χ3v) is 4.25. The Kier molecular flexibility index (Phi) is 4.52. The van der Waals surface area contributed by atoms with E-state index >= 15 is 0 Å². The minimum Gasteiger partial charge on any atom is -0.320 e. The molecule has 20 heavy (non-hydrogen) atoms. The summed E-state index contributed by atoms with van der Waals surface area (Å²) in [5, 5.41) is 0.800. The number of benzene rings is 2. The van der Waals surface area contributed by atoms with Gasteiger partial charge in [-0.1, -0.05) is 55.8 Å². The standard InChI is InChI=1S/C18H22ClN/c1-11(2)14-5-7-15(8-6-14)18(20)16-9-13(4)17(19)10-12(16)3/h5-11,18H,20H2,1-4H3. The predicted octanol–water partition coefficient (Wildman–Crippen LogP) is 5.13. The van der Waals surface area contributed by atoms with E-state index in [-0.39, 0.29) is 6.04 Å². The molecule has 106 valence electrons. The maximum atomic E-state index is 6.42. The van der Waals surface area contributed by atoms with Gasteiger partial charge in [0.15, 0.2) is 0 Å². The summed E-state index contributed by atoms with van der Waals surface area (Å²) in [7, 11) is 0. The fourth-order valence-electron chi connectivity index (χ4n) is 2.41. The van der Waals surface area contributed by atoms with Crippen molar-refractivity contribution in [3.05, 3.63) is 69.2 Å². The zero-order valence-corrected chi connectivity index (χ0v) is 13.3. The topological polar surface area (TPSA) is 26.0 Å². The van der Waals surface area contributed by atoms with Gasteiger partial charge in [-0.25, -0.2) is 0 Å². The number of hydrogen-bond donors (Lipinski definition) is 1. The van der Waals surface area contributed by atoms with Gasteiger partial charge in [0.25, 0.3) is 0 Å². The molecule has 1 unspecified atom stereocenters. The number of nitrogens with two attached hydrogens (primary N) is 1. The average Bonchev–Trinajstić information content (AvgIpc) is 2.42. The fraction of sp³-hybridized carbons (Fsp3) is 0.333. The summed E-state index contributed by atoms with van der Waals surface area (Å²) in [6.45, 7) is 8.46. The molecule has 1 nitrogen and oxygen atoms in total. The Morgan fingerprint density at radius 3 is 2.00 bits per heavy atom. The maximum Gasteiger partial charge on any atom is 0.0554 e. The molecule has 2 heteroatoms. The quantitative estimate of drug-likeness (QED) is 0.832. The lowest BCUT2D eigenvalue weighted by atomic mass is 9.92. The van der Waals surface area contributed by atoms with E-state index in [1.807, 2.05) is 13.0 Å². The van der Waals surface area contributed by atoms with Crippen molar-refractivity contribution in [2.45, 2.75) is 39.7 Å². The Morgan fingerprint density at radius 2 is 1.45 bits per heavy atom. The molecule has 0 fully saturated rings. The minimum absolute atomic E-state index is 0.104. The van der Waals surface area contributed by atoms with Gasteiger partial charge in [-0.3, -0.25) is 0 Å². The van der Waals surface area contributed by atoms with Crippen LogP contribution in [0.15, 0.2) is 36.4 Å². The van der Waals surface area contributed by atoms with Gasteiger partial charge in [0.05, 0.1) is 6.04 Å². The largest absolute Gasteiger partial charge is 0.320 e. The highest BCUT2D eigenvalue weighted by Crippen LogP contribution is 2.28. The van der Waals surface area contributed by atoms with Gasteiger partial charge in [0.2, 0.25) is 0 Å². The van der Waals surface area contributed by atoms with Crippen LogP contribution >= 0.6 is 11.6 Å². The van der Waals surface area contributed by atoms with Crippen molar-refractivity contribution >= 4 is 11.6 Å². The van der Waals surface area contributed by atoms with Crippen LogP contribution in [0.4, 0.5) is 0 Å². The molecule has 0 amide bonds. The van der Waals surface area contributed by atoms with Crippen molar-refractivity contribution in [1.82, 2.24) is 0 Å². The monoisotopic (exact) mass is 287 g/mol. The smallest absolute Gasteiger partial charge is 0.0554 e. The van der Waals surface area contributed by atoms with Crippen molar-refractivity contribution in [2.75, 3.05) is 0 Å². The first kappa shape index (κ1) is 15.1. The first-order chi connectivity index (χ1) is 9.40. The van der Waals surface area contributed by atoms with Crippen LogP contribution in [-0.2, 0) is 0 Å². The second-order valence-corrected chi connectivity index (χ2v) is 6.16. The van der Waals surface area contributed by atoms with Crippen molar-refractivity contribution < 1.29 is 0 Å². The molecule has 0 aromatic heterocycles. The van der Waals surface area contributed by atoms with E-state index in [0.717, 1.165) is 27.3 Å². The lowest BCUT2D eigenvalue weighted by Gasteiger charge is -2.17. The molecule has 0 aliphatic carbocycles. The van der Waals surface area contributed by atoms with Crippen molar-refractivity contribution in [3.8, 4) is 0 Å². The molecular weight excluding hydrogens is 266 g/mol. The zero-order chi connectivity index (χ0) is 14.9. The Labute approximate surface area is 126 Å². The van der Waals surface area contributed by atoms with E-state index in [1.165, 1.54) is 5.56 Å². The maximum absolute atomic E-state index is 6.42. The molecular formula is C18H22ClN. The number of hydrogen-bond acceptors (Lipinski definition) is 1. The van der Waals surface area contributed by atoms with Crippen LogP contribution in [0.2, 0.25) is 5.02 Å². The summed E-state index contributed by atoms with van der Waals surface area (Å²) in [6.07, 6.45) is 0. The van der Waals surface area contributed by atoms with Crippen molar-refractivity contribution in [3.63, 3.8) is 0 Å². The molecule has 0 bridgehead atoms. The van der Waals surface area contributed by atoms with E-state index in [4.69, 9.17) is 17.3 Å². The van der Waals surface area contributed by atoms with Crippen molar-refractivity contribution in [1.29, 1.82) is 0 Å². The molecule has 1 atom stereocenters. The van der Waals surface area contributed by atoms with Crippen LogP contribution in [0.5, 0.6) is 0 Å². The van der Waals surface area contributed by atoms with Gasteiger partial charge < -0.3 is 5.73 Å². The summed E-state index contributed by atoms with van der Waals surface area (Å²) < 4.78 is 0. The SMILES string of the molecule is Cc1cc(C(N)c2ccc(C(C)C)cc2)c(C)cc1Cl. The van der Waals surface area contributed by atoms with Crippen LogP contribution in [0.3, 0.4) is 0 Å². The second kappa shape index (κ2) is 5.99. The van der Waals surface area contributed by atoms with Crippen LogP contribution in [0.1, 0.15) is 53.6 Å². The number of aryl methyl sites for hydroxylation is 2. The highest BCUT2D eigenvalue weighted by Gasteiger charge is 2.13. The van der Waals surface area contributed by atoms with Gasteiger partial charge in [0.1, 0.15) is 0 Å². The summed E-state index contributed by atoms with van der Waals surface area (Å²) in [6, 6.07) is 12.6. The van der Waals surface area contributed by atoms with E-state index in [2.05, 4.69) is 51.1 Å². The fourth-order valence-corrected chi connectivity index (χ4v) is 2.62. The van der Waals surface area contributed by atoms with Gasteiger partial charge in [-0.2, -0.15) is 0 Å². The second-order valence-electron chi connectivity index (χ2n) is 5.76. The number of rotatable bonds is 3. The van der Waals surface area contributed by atoms with Crippen LogP contribution in [-0.4, -0.2) is 0 Å². The minimum atomic E-state index is -0.104. The highest BCUT2D eigenvalue weighted by atomic mass is 35.5. The summed E-state index contributed by atoms with van der Waals surface area (Å²) in [4.78, 5) is 0. The van der Waals surface area contributed by atoms with Gasteiger partial charge in [-0.05, 0) is 53.6 Å². The molecule has 2 rings (SSSR count). The Bertz CT molecular complexity index is 600. The van der Waals surface area contributed by atoms with Crippen molar-refractivity contribution in [2.24, 2.45) is 5.73 Å². The third kappa shape index (κ3) is 3.05. The normalized spacial score (nSPS) is 12.8. The molecule has 2 N–H and O–H groups in total. The van der Waals surface area contributed by atoms with Crippen LogP contribution in [0, 0.1) is 13.8 Å². The Balaban J connectivity index is 2.36. The highest BCUT2D eigenvalue weighted by molar-refractivity contribution is 6.31. The van der Waals surface area contributed by atoms with Gasteiger partial charge >= 0.3 is 0 Å². The molecule has 2 aromatic carbocycles. The molecule has 0 saturated carbocycles. The molecule has 0 aliphatic rings. The zero-order valence-electron chi connectivity index (χ0n) is 12.6. The molecule has 0 aliphatic heterocycles. The molecule has 0 spiro atoms. The average molecular weight is 288 g/mol. The van der Waals surface area contributed by atoms with E-state index in [1.54, 1.807) is 0 Å². The van der Waals surface area contributed by atoms with Gasteiger partial charge in [0, 0.05) is 5.02 Å². The first-order valence-electron chi connectivity index (χ1n) is 7.02. The van der Waals surface area contributed by atoms with Crippen LogP contribution < -0.4 is 5.73 Å². The third-order valence-electron chi connectivity index (χ3n) is 3.84. The molecule has 2 aromatic rings. The lowest BCUT2D eigenvalue weighted by molar-refractivity contribution is 0.842. The van der Waals surface area contributed by atoms with E-state index < -0.39 is 0 Å². The molecule has 0 radical (unpaired) electrons. The summed E-state index contributed by atoms with van der Waals surface area (Å²) >= 11 is 6.15. The van der Waals surface area contributed by atoms with E-state index in [9.17, 15) is 0 Å².